The van der Waals surface area contributed by atoms with Gasteiger partial charge < -0.3 is 13.9 Å². The average molecular weight is 360 g/mol. The number of furan rings is 1. The third-order valence-electron chi connectivity index (χ3n) is 6.08. The molecule has 1 heterocycles. The lowest BCUT2D eigenvalue weighted by Crippen LogP contribution is -2.48. The number of rotatable bonds is 3. The maximum Gasteiger partial charge on any atom is 0.309 e. The highest BCUT2D eigenvalue weighted by atomic mass is 16.6. The van der Waals surface area contributed by atoms with E-state index >= 15 is 0 Å². The maximum atomic E-state index is 12.5. The highest BCUT2D eigenvalue weighted by molar-refractivity contribution is 5.72. The Kier molecular flexibility index (Phi) is 4.76. The van der Waals surface area contributed by atoms with Crippen molar-refractivity contribution in [1.82, 2.24) is 0 Å². The first-order chi connectivity index (χ1) is 12.2. The van der Waals surface area contributed by atoms with E-state index in [-0.39, 0.29) is 29.9 Å². The van der Waals surface area contributed by atoms with Gasteiger partial charge in [0.2, 0.25) is 0 Å². The zero-order chi connectivity index (χ0) is 19.2. The molecule has 0 fully saturated rings. The van der Waals surface area contributed by atoms with Crippen LogP contribution in [0.5, 0.6) is 0 Å². The maximum absolute atomic E-state index is 12.5. The van der Waals surface area contributed by atoms with Gasteiger partial charge in [-0.1, -0.05) is 39.3 Å². The smallest absolute Gasteiger partial charge is 0.309 e. The summed E-state index contributed by atoms with van der Waals surface area (Å²) >= 11 is 0. The third kappa shape index (κ3) is 2.87. The van der Waals surface area contributed by atoms with Crippen LogP contribution in [0.4, 0.5) is 0 Å². The first-order valence-corrected chi connectivity index (χ1v) is 9.30. The second-order valence-corrected chi connectivity index (χ2v) is 8.09. The van der Waals surface area contributed by atoms with E-state index in [1.165, 1.54) is 12.5 Å². The molecule has 142 valence electrons. The number of ether oxygens (including phenoxy) is 2. The molecule has 0 saturated carbocycles. The van der Waals surface area contributed by atoms with Gasteiger partial charge in [-0.05, 0) is 12.5 Å². The zero-order valence-corrected chi connectivity index (χ0v) is 16.4. The first kappa shape index (κ1) is 18.7. The molecule has 5 nitrogen and oxygen atoms in total. The van der Waals surface area contributed by atoms with Crippen LogP contribution < -0.4 is 0 Å². The van der Waals surface area contributed by atoms with Gasteiger partial charge in [-0.2, -0.15) is 0 Å². The van der Waals surface area contributed by atoms with Crippen LogP contribution >= 0.6 is 0 Å². The van der Waals surface area contributed by atoms with Gasteiger partial charge in [0.15, 0.2) is 0 Å². The Morgan fingerprint density at radius 1 is 1.31 bits per heavy atom. The monoisotopic (exact) mass is 360 g/mol. The number of aryl methyl sites for hydroxylation is 1. The highest BCUT2D eigenvalue weighted by Crippen LogP contribution is 2.58. The van der Waals surface area contributed by atoms with Crippen LogP contribution in [0.1, 0.15) is 64.0 Å². The summed E-state index contributed by atoms with van der Waals surface area (Å²) in [6.45, 7) is 11.3. The summed E-state index contributed by atoms with van der Waals surface area (Å²) in [7, 11) is 0. The molecular weight excluding hydrogens is 332 g/mol. The van der Waals surface area contributed by atoms with E-state index in [4.69, 9.17) is 13.9 Å². The molecule has 26 heavy (non-hydrogen) atoms. The topological polar surface area (TPSA) is 65.7 Å². The summed E-state index contributed by atoms with van der Waals surface area (Å²) in [5.41, 5.74) is 2.71. The number of hydrogen-bond donors (Lipinski definition) is 0. The van der Waals surface area contributed by atoms with Gasteiger partial charge in [-0.15, -0.1) is 0 Å². The van der Waals surface area contributed by atoms with Crippen molar-refractivity contribution in [1.29, 1.82) is 0 Å². The SMILES string of the molecule is CC(=O)O[C@H]1CC=C2Cc3occ(C)c3[C@@H](OC(=O)C(C)C)[C@]2(C)[C@H]1C. The van der Waals surface area contributed by atoms with Crippen LogP contribution in [0.3, 0.4) is 0 Å². The van der Waals surface area contributed by atoms with Crippen molar-refractivity contribution < 1.29 is 23.5 Å². The van der Waals surface area contributed by atoms with E-state index in [1.807, 2.05) is 20.8 Å². The van der Waals surface area contributed by atoms with Crippen molar-refractivity contribution >= 4 is 11.9 Å². The van der Waals surface area contributed by atoms with Crippen LogP contribution in [0.25, 0.3) is 0 Å². The Morgan fingerprint density at radius 3 is 2.62 bits per heavy atom. The average Bonchev–Trinajstić information content (AvgIpc) is 2.92. The minimum atomic E-state index is -0.445. The van der Waals surface area contributed by atoms with E-state index in [0.29, 0.717) is 12.8 Å². The van der Waals surface area contributed by atoms with Crippen molar-refractivity contribution in [2.75, 3.05) is 0 Å². The van der Waals surface area contributed by atoms with Gasteiger partial charge in [0.1, 0.15) is 18.0 Å². The summed E-state index contributed by atoms with van der Waals surface area (Å²) in [5.74, 6) is 0.149. The fourth-order valence-corrected chi connectivity index (χ4v) is 4.30. The lowest BCUT2D eigenvalue weighted by atomic mass is 9.58. The second-order valence-electron chi connectivity index (χ2n) is 8.09. The molecule has 2 aliphatic rings. The van der Waals surface area contributed by atoms with Crippen LogP contribution in [-0.4, -0.2) is 18.0 Å². The summed E-state index contributed by atoms with van der Waals surface area (Å²) in [6.07, 6.45) is 4.56. The number of hydrogen-bond acceptors (Lipinski definition) is 5. The molecule has 0 aliphatic heterocycles. The van der Waals surface area contributed by atoms with Gasteiger partial charge >= 0.3 is 11.9 Å². The fourth-order valence-electron chi connectivity index (χ4n) is 4.30. The number of esters is 2. The molecule has 0 saturated heterocycles. The molecular formula is C21H28O5. The molecule has 0 radical (unpaired) electrons. The van der Waals surface area contributed by atoms with Crippen LogP contribution in [0, 0.1) is 24.2 Å². The van der Waals surface area contributed by atoms with Crippen LogP contribution in [0.15, 0.2) is 22.3 Å². The van der Waals surface area contributed by atoms with Gasteiger partial charge in [-0.3, -0.25) is 9.59 Å². The molecule has 4 atom stereocenters. The predicted molar refractivity (Wildman–Crippen MR) is 96.3 cm³/mol. The lowest BCUT2D eigenvalue weighted by Gasteiger charge is -2.50. The van der Waals surface area contributed by atoms with Gasteiger partial charge in [-0.25, -0.2) is 0 Å². The quantitative estimate of drug-likeness (QED) is 0.594. The summed E-state index contributed by atoms with van der Waals surface area (Å²) in [4.78, 5) is 24.0. The first-order valence-electron chi connectivity index (χ1n) is 9.30. The van der Waals surface area contributed by atoms with Crippen molar-refractivity contribution in [2.24, 2.45) is 17.3 Å². The van der Waals surface area contributed by atoms with E-state index < -0.39 is 11.5 Å². The molecule has 0 N–H and O–H groups in total. The minimum Gasteiger partial charge on any atom is -0.468 e. The number of carbonyl (C=O) groups excluding carboxylic acids is 2. The van der Waals surface area contributed by atoms with Gasteiger partial charge in [0, 0.05) is 36.7 Å². The highest BCUT2D eigenvalue weighted by Gasteiger charge is 2.54. The fraction of sp³-hybridized carbons (Fsp3) is 0.619. The molecule has 1 aromatic rings. The van der Waals surface area contributed by atoms with Crippen LogP contribution in [-0.2, 0) is 25.5 Å². The normalized spacial score (nSPS) is 30.3. The molecule has 0 unspecified atom stereocenters. The Hall–Kier alpha value is -2.04. The largest absolute Gasteiger partial charge is 0.468 e. The van der Waals surface area contributed by atoms with E-state index in [1.54, 1.807) is 6.26 Å². The molecule has 0 amide bonds. The Balaban J connectivity index is 2.08. The van der Waals surface area contributed by atoms with Crippen molar-refractivity contribution in [2.45, 2.75) is 66.6 Å². The third-order valence-corrected chi connectivity index (χ3v) is 6.08. The standard InChI is InChI=1S/C21H28O5/c1-11(2)20(23)26-19-18-12(3)10-24-17(18)9-15-7-8-16(25-14(5)22)13(4)21(15,19)6/h7,10-11,13,16,19H,8-9H2,1-6H3/t13-,16-,19+,21+/m0/s1. The second kappa shape index (κ2) is 6.60. The molecule has 2 aliphatic carbocycles. The molecule has 5 heteroatoms. The molecule has 0 bridgehead atoms. The lowest BCUT2D eigenvalue weighted by molar-refractivity contribution is -0.169. The molecule has 0 spiro atoms. The van der Waals surface area contributed by atoms with Crippen molar-refractivity contribution in [3.05, 3.63) is 34.8 Å². The van der Waals surface area contributed by atoms with Gasteiger partial charge in [0.25, 0.3) is 0 Å². The summed E-state index contributed by atoms with van der Waals surface area (Å²) < 4.78 is 17.4. The summed E-state index contributed by atoms with van der Waals surface area (Å²) in [6, 6.07) is 0. The molecule has 1 aromatic heterocycles. The van der Waals surface area contributed by atoms with E-state index in [0.717, 1.165) is 16.9 Å². The van der Waals surface area contributed by atoms with Crippen molar-refractivity contribution in [3.63, 3.8) is 0 Å². The van der Waals surface area contributed by atoms with Crippen LogP contribution in [0.2, 0.25) is 0 Å². The Labute approximate surface area is 154 Å². The van der Waals surface area contributed by atoms with Gasteiger partial charge in [0.05, 0.1) is 12.2 Å². The van der Waals surface area contributed by atoms with E-state index in [9.17, 15) is 9.59 Å². The zero-order valence-electron chi connectivity index (χ0n) is 16.4. The Bertz CT molecular complexity index is 756. The minimum absolute atomic E-state index is 0.0128. The number of fused-ring (bicyclic) bond motifs is 2. The molecule has 3 rings (SSSR count). The molecule has 0 aromatic carbocycles. The summed E-state index contributed by atoms with van der Waals surface area (Å²) in [5, 5.41) is 0. The number of carbonyl (C=O) groups is 2. The van der Waals surface area contributed by atoms with E-state index in [2.05, 4.69) is 19.9 Å². The predicted octanol–water partition coefficient (Wildman–Crippen LogP) is 4.29. The van der Waals surface area contributed by atoms with Crippen molar-refractivity contribution in [3.8, 4) is 0 Å². The Morgan fingerprint density at radius 2 is 2.00 bits per heavy atom.